The van der Waals surface area contributed by atoms with Crippen molar-refractivity contribution in [2.45, 2.75) is 13.8 Å². The molecule has 0 bridgehead atoms. The lowest BCUT2D eigenvalue weighted by Crippen LogP contribution is -2.12. The number of pyridine rings is 1. The fourth-order valence-electron chi connectivity index (χ4n) is 3.47. The molecule has 0 aliphatic carbocycles. The van der Waals surface area contributed by atoms with Gasteiger partial charge in [-0.1, -0.05) is 24.3 Å². The first-order chi connectivity index (χ1) is 15.1. The fraction of sp³-hybridized carbons (Fsp3) is 0.154. The van der Waals surface area contributed by atoms with E-state index in [0.29, 0.717) is 17.9 Å². The smallest absolute Gasteiger partial charge is 0.255 e. The van der Waals surface area contributed by atoms with Gasteiger partial charge in [-0.2, -0.15) is 0 Å². The van der Waals surface area contributed by atoms with Crippen molar-refractivity contribution in [3.8, 4) is 22.8 Å². The molecule has 1 heterocycles. The van der Waals surface area contributed by atoms with Gasteiger partial charge in [0.25, 0.3) is 5.91 Å². The van der Waals surface area contributed by atoms with Crippen molar-refractivity contribution in [1.82, 2.24) is 4.98 Å². The lowest BCUT2D eigenvalue weighted by Gasteiger charge is -2.12. The highest BCUT2D eigenvalue weighted by Crippen LogP contribution is 2.32. The summed E-state index contributed by atoms with van der Waals surface area (Å²) < 4.78 is 11.2. The molecule has 0 aliphatic heterocycles. The summed E-state index contributed by atoms with van der Waals surface area (Å²) in [5.41, 5.74) is 4.88. The summed E-state index contributed by atoms with van der Waals surface area (Å²) in [6, 6.07) is 22.8. The Kier molecular flexibility index (Phi) is 5.85. The van der Waals surface area contributed by atoms with E-state index in [1.807, 2.05) is 80.6 Å². The monoisotopic (exact) mass is 412 g/mol. The third-order valence-electron chi connectivity index (χ3n) is 4.97. The number of aryl methyl sites for hydroxylation is 1. The van der Waals surface area contributed by atoms with Crippen molar-refractivity contribution in [2.75, 3.05) is 19.0 Å². The minimum Gasteiger partial charge on any atom is -0.497 e. The summed E-state index contributed by atoms with van der Waals surface area (Å²) in [4.78, 5) is 17.6. The number of carbonyl (C=O) groups excluding carboxylic acids is 1. The first kappa shape index (κ1) is 20.4. The Morgan fingerprint density at radius 1 is 1.00 bits per heavy atom. The Morgan fingerprint density at radius 3 is 2.61 bits per heavy atom. The summed E-state index contributed by atoms with van der Waals surface area (Å²) in [6.45, 7) is 4.44. The van der Waals surface area contributed by atoms with Crippen LogP contribution in [0.5, 0.6) is 11.5 Å². The molecule has 1 N–H and O–H groups in total. The van der Waals surface area contributed by atoms with Gasteiger partial charge in [0.15, 0.2) is 0 Å². The number of nitrogens with zero attached hydrogens (tertiary/aromatic N) is 1. The quantitative estimate of drug-likeness (QED) is 0.430. The number of amides is 1. The number of hydrogen-bond donors (Lipinski definition) is 1. The highest BCUT2D eigenvalue weighted by molar-refractivity contribution is 6.07. The minimum atomic E-state index is -0.174. The zero-order valence-electron chi connectivity index (χ0n) is 17.8. The Hall–Kier alpha value is -3.86. The topological polar surface area (TPSA) is 60.5 Å². The van der Waals surface area contributed by atoms with Crippen molar-refractivity contribution >= 4 is 22.5 Å². The van der Waals surface area contributed by atoms with Gasteiger partial charge in [-0.05, 0) is 61.9 Å². The van der Waals surface area contributed by atoms with Gasteiger partial charge < -0.3 is 14.8 Å². The van der Waals surface area contributed by atoms with Gasteiger partial charge in [0, 0.05) is 28.3 Å². The van der Waals surface area contributed by atoms with Crippen LogP contribution in [-0.2, 0) is 0 Å². The number of anilines is 1. The third-order valence-corrected chi connectivity index (χ3v) is 4.97. The number of methoxy groups -OCH3 is 1. The first-order valence-electron chi connectivity index (χ1n) is 10.2. The average molecular weight is 412 g/mol. The molecule has 156 valence electrons. The molecule has 0 saturated heterocycles. The number of hydrogen-bond acceptors (Lipinski definition) is 4. The largest absolute Gasteiger partial charge is 0.497 e. The second-order valence-corrected chi connectivity index (χ2v) is 7.23. The van der Waals surface area contributed by atoms with Gasteiger partial charge in [-0.3, -0.25) is 4.79 Å². The molecule has 0 unspecified atom stereocenters. The molecule has 0 radical (unpaired) electrons. The van der Waals surface area contributed by atoms with Crippen molar-refractivity contribution < 1.29 is 14.3 Å². The lowest BCUT2D eigenvalue weighted by atomic mass is 10.1. The Bertz CT molecular complexity index is 1250. The van der Waals surface area contributed by atoms with Crippen molar-refractivity contribution in [2.24, 2.45) is 0 Å². The van der Waals surface area contributed by atoms with E-state index in [0.717, 1.165) is 39.2 Å². The standard InChI is InChI=1S/C26H24N2O3/c1-4-31-25-16-24(18-8-6-10-21(14-18)30-3)28-23-12-11-19(15-22(23)25)26(29)27-20-9-5-7-17(2)13-20/h5-16H,4H2,1-3H3,(H,27,29). The van der Waals surface area contributed by atoms with Crippen LogP contribution < -0.4 is 14.8 Å². The number of aromatic nitrogens is 1. The molecule has 0 spiro atoms. The Morgan fingerprint density at radius 2 is 1.84 bits per heavy atom. The Labute approximate surface area is 181 Å². The molecule has 0 saturated carbocycles. The number of rotatable bonds is 6. The predicted octanol–water partition coefficient (Wildman–Crippen LogP) is 5.87. The van der Waals surface area contributed by atoms with E-state index in [-0.39, 0.29) is 5.91 Å². The maximum atomic E-state index is 12.8. The average Bonchev–Trinajstić information content (AvgIpc) is 2.79. The van der Waals surface area contributed by atoms with E-state index in [1.165, 1.54) is 0 Å². The van der Waals surface area contributed by atoms with E-state index < -0.39 is 0 Å². The van der Waals surface area contributed by atoms with E-state index in [2.05, 4.69) is 5.32 Å². The first-order valence-corrected chi connectivity index (χ1v) is 10.2. The zero-order valence-corrected chi connectivity index (χ0v) is 17.8. The van der Waals surface area contributed by atoms with Gasteiger partial charge in [0.05, 0.1) is 24.9 Å². The molecular formula is C26H24N2O3. The molecule has 0 aliphatic rings. The van der Waals surface area contributed by atoms with Crippen LogP contribution in [0, 0.1) is 6.92 Å². The molecule has 5 heteroatoms. The molecule has 0 fully saturated rings. The number of nitrogens with one attached hydrogen (secondary N) is 1. The van der Waals surface area contributed by atoms with E-state index in [4.69, 9.17) is 14.5 Å². The van der Waals surface area contributed by atoms with Crippen LogP contribution in [0.25, 0.3) is 22.2 Å². The van der Waals surface area contributed by atoms with Crippen molar-refractivity contribution in [3.05, 3.63) is 83.9 Å². The third kappa shape index (κ3) is 4.51. The number of benzene rings is 3. The molecule has 4 aromatic rings. The maximum Gasteiger partial charge on any atom is 0.255 e. The van der Waals surface area contributed by atoms with E-state index >= 15 is 0 Å². The SMILES string of the molecule is CCOc1cc(-c2cccc(OC)c2)nc2ccc(C(=O)Nc3cccc(C)c3)cc12. The van der Waals surface area contributed by atoms with Gasteiger partial charge in [-0.15, -0.1) is 0 Å². The molecular weight excluding hydrogens is 388 g/mol. The fourth-order valence-corrected chi connectivity index (χ4v) is 3.47. The van der Waals surface area contributed by atoms with Crippen molar-refractivity contribution in [3.63, 3.8) is 0 Å². The minimum absolute atomic E-state index is 0.174. The van der Waals surface area contributed by atoms with E-state index in [1.54, 1.807) is 13.2 Å². The van der Waals surface area contributed by atoms with Gasteiger partial charge in [-0.25, -0.2) is 4.98 Å². The summed E-state index contributed by atoms with van der Waals surface area (Å²) in [5, 5.41) is 3.75. The summed E-state index contributed by atoms with van der Waals surface area (Å²) >= 11 is 0. The molecule has 0 atom stereocenters. The number of carbonyl (C=O) groups is 1. The Balaban J connectivity index is 1.73. The van der Waals surface area contributed by atoms with Crippen LogP contribution in [0.15, 0.2) is 72.8 Å². The van der Waals surface area contributed by atoms with E-state index in [9.17, 15) is 4.79 Å². The van der Waals surface area contributed by atoms with Crippen LogP contribution >= 0.6 is 0 Å². The molecule has 5 nitrogen and oxygen atoms in total. The van der Waals surface area contributed by atoms with Gasteiger partial charge in [0.2, 0.25) is 0 Å². The van der Waals surface area contributed by atoms with Crippen LogP contribution in [0.4, 0.5) is 5.69 Å². The van der Waals surface area contributed by atoms with Crippen LogP contribution in [0.2, 0.25) is 0 Å². The zero-order chi connectivity index (χ0) is 21.8. The predicted molar refractivity (Wildman–Crippen MR) is 124 cm³/mol. The van der Waals surface area contributed by atoms with Crippen LogP contribution in [-0.4, -0.2) is 24.6 Å². The number of fused-ring (bicyclic) bond motifs is 1. The summed E-state index contributed by atoms with van der Waals surface area (Å²) in [7, 11) is 1.64. The lowest BCUT2D eigenvalue weighted by molar-refractivity contribution is 0.102. The van der Waals surface area contributed by atoms with Crippen molar-refractivity contribution in [1.29, 1.82) is 0 Å². The highest BCUT2D eigenvalue weighted by Gasteiger charge is 2.13. The van der Waals surface area contributed by atoms with Gasteiger partial charge >= 0.3 is 0 Å². The van der Waals surface area contributed by atoms with Crippen LogP contribution in [0.1, 0.15) is 22.8 Å². The molecule has 31 heavy (non-hydrogen) atoms. The molecule has 1 amide bonds. The second-order valence-electron chi connectivity index (χ2n) is 7.23. The molecule has 4 rings (SSSR count). The number of ether oxygens (including phenoxy) is 2. The van der Waals surface area contributed by atoms with Crippen LogP contribution in [0.3, 0.4) is 0 Å². The molecule has 3 aromatic carbocycles. The summed E-state index contributed by atoms with van der Waals surface area (Å²) in [6.07, 6.45) is 0. The maximum absolute atomic E-state index is 12.8. The normalized spacial score (nSPS) is 10.7. The van der Waals surface area contributed by atoms with Gasteiger partial charge in [0.1, 0.15) is 11.5 Å². The summed E-state index contributed by atoms with van der Waals surface area (Å²) in [5.74, 6) is 1.28. The molecule has 1 aromatic heterocycles. The second kappa shape index (κ2) is 8.88. The highest BCUT2D eigenvalue weighted by atomic mass is 16.5.